The molecule has 0 fully saturated rings. The topological polar surface area (TPSA) is 77.3 Å². The van der Waals surface area contributed by atoms with E-state index in [4.69, 9.17) is 0 Å². The molecule has 0 unspecified atom stereocenters. The summed E-state index contributed by atoms with van der Waals surface area (Å²) in [5.74, 6) is 0. The minimum Gasteiger partial charge on any atom is -0.139 e. The molecule has 0 aliphatic heterocycles. The lowest BCUT2D eigenvalue weighted by molar-refractivity contribution is 0.878. The van der Waals surface area contributed by atoms with Crippen molar-refractivity contribution in [1.29, 1.82) is 0 Å². The van der Waals surface area contributed by atoms with Gasteiger partial charge in [-0.3, -0.25) is 0 Å². The van der Waals surface area contributed by atoms with Gasteiger partial charge in [0.05, 0.1) is 23.3 Å². The Morgan fingerprint density at radius 3 is 1.77 bits per heavy atom. The maximum Gasteiger partial charge on any atom is 0.0921 e. The standard InChI is InChI=1S/C6H5N6P/c1-3-7-11-9-5(1)13-6-2-4-8-12-10-6/h1-4,13H. The van der Waals surface area contributed by atoms with Crippen LogP contribution in [0.1, 0.15) is 0 Å². The number of nitrogens with zero attached hydrogens (tertiary/aromatic N) is 6. The molecule has 0 aromatic carbocycles. The van der Waals surface area contributed by atoms with Crippen LogP contribution in [-0.4, -0.2) is 30.8 Å². The Labute approximate surface area is 75.6 Å². The van der Waals surface area contributed by atoms with E-state index in [0.29, 0.717) is 8.58 Å². The number of hydrogen-bond acceptors (Lipinski definition) is 6. The van der Waals surface area contributed by atoms with Gasteiger partial charge in [-0.05, 0) is 31.1 Å². The van der Waals surface area contributed by atoms with E-state index in [-0.39, 0.29) is 0 Å². The van der Waals surface area contributed by atoms with E-state index < -0.39 is 0 Å². The molecule has 0 bridgehead atoms. The molecule has 2 aromatic heterocycles. The van der Waals surface area contributed by atoms with Crippen LogP contribution in [0.25, 0.3) is 0 Å². The average molecular weight is 192 g/mol. The van der Waals surface area contributed by atoms with Gasteiger partial charge in [0.25, 0.3) is 0 Å². The van der Waals surface area contributed by atoms with Crippen LogP contribution < -0.4 is 10.9 Å². The first kappa shape index (κ1) is 8.07. The third-order valence-electron chi connectivity index (χ3n) is 1.26. The van der Waals surface area contributed by atoms with Crippen molar-refractivity contribution in [2.24, 2.45) is 0 Å². The van der Waals surface area contributed by atoms with Gasteiger partial charge in [-0.15, -0.1) is 20.4 Å². The van der Waals surface area contributed by atoms with Crippen LogP contribution in [0.5, 0.6) is 0 Å². The van der Waals surface area contributed by atoms with Gasteiger partial charge >= 0.3 is 0 Å². The molecule has 0 saturated heterocycles. The van der Waals surface area contributed by atoms with Crippen LogP contribution in [-0.2, 0) is 0 Å². The molecule has 0 spiro atoms. The van der Waals surface area contributed by atoms with E-state index in [0.717, 1.165) is 10.9 Å². The van der Waals surface area contributed by atoms with Crippen molar-refractivity contribution < 1.29 is 0 Å². The second-order valence-electron chi connectivity index (χ2n) is 2.14. The van der Waals surface area contributed by atoms with E-state index in [2.05, 4.69) is 30.8 Å². The fraction of sp³-hybridized carbons (Fsp3) is 0. The molecule has 0 amide bonds. The molecule has 0 aliphatic carbocycles. The number of rotatable bonds is 2. The van der Waals surface area contributed by atoms with Crippen molar-refractivity contribution in [1.82, 2.24) is 30.8 Å². The Morgan fingerprint density at radius 2 is 1.38 bits per heavy atom. The maximum atomic E-state index is 3.84. The molecule has 6 nitrogen and oxygen atoms in total. The molecule has 7 heteroatoms. The Balaban J connectivity index is 2.16. The molecule has 13 heavy (non-hydrogen) atoms. The van der Waals surface area contributed by atoms with Crippen LogP contribution >= 0.6 is 8.58 Å². The molecule has 2 aromatic rings. The summed E-state index contributed by atoms with van der Waals surface area (Å²) in [4.78, 5) is 0. The van der Waals surface area contributed by atoms with Crippen LogP contribution in [0.4, 0.5) is 0 Å². The second-order valence-corrected chi connectivity index (χ2v) is 3.41. The lowest BCUT2D eigenvalue weighted by Gasteiger charge is -1.95. The highest BCUT2D eigenvalue weighted by atomic mass is 31.1. The molecular formula is C6H5N6P. The van der Waals surface area contributed by atoms with Crippen molar-refractivity contribution in [2.75, 3.05) is 0 Å². The van der Waals surface area contributed by atoms with Gasteiger partial charge in [0.15, 0.2) is 0 Å². The SMILES string of the molecule is c1cc(Pc2ccnnn2)nnn1. The van der Waals surface area contributed by atoms with Crippen molar-refractivity contribution in [3.8, 4) is 0 Å². The minimum absolute atomic E-state index is 0.350. The summed E-state index contributed by atoms with van der Waals surface area (Å²) in [6, 6.07) is 3.60. The summed E-state index contributed by atoms with van der Waals surface area (Å²) in [5, 5.41) is 21.9. The quantitative estimate of drug-likeness (QED) is 0.549. The van der Waals surface area contributed by atoms with E-state index in [1.807, 2.05) is 0 Å². The van der Waals surface area contributed by atoms with Crippen LogP contribution in [0, 0.1) is 0 Å². The lowest BCUT2D eigenvalue weighted by Crippen LogP contribution is -2.12. The zero-order valence-corrected chi connectivity index (χ0v) is 7.49. The first-order valence-corrected chi connectivity index (χ1v) is 4.51. The van der Waals surface area contributed by atoms with Gasteiger partial charge in [-0.2, -0.15) is 0 Å². The summed E-state index contributed by atoms with van der Waals surface area (Å²) in [7, 11) is 0.350. The molecule has 2 heterocycles. The average Bonchev–Trinajstić information content (AvgIpc) is 2.21. The molecule has 0 saturated carbocycles. The monoisotopic (exact) mass is 192 g/mol. The van der Waals surface area contributed by atoms with Gasteiger partial charge in [-0.25, -0.2) is 0 Å². The summed E-state index contributed by atoms with van der Waals surface area (Å²) < 4.78 is 0. The Hall–Kier alpha value is -1.55. The van der Waals surface area contributed by atoms with Crippen molar-refractivity contribution >= 4 is 19.5 Å². The molecule has 0 aliphatic rings. The highest BCUT2D eigenvalue weighted by molar-refractivity contribution is 7.54. The zero-order chi connectivity index (χ0) is 8.93. The highest BCUT2D eigenvalue weighted by Crippen LogP contribution is 2.02. The first-order chi connectivity index (χ1) is 6.45. The van der Waals surface area contributed by atoms with Crippen molar-refractivity contribution in [3.05, 3.63) is 24.5 Å². The van der Waals surface area contributed by atoms with E-state index in [1.165, 1.54) is 0 Å². The number of hydrogen-bond donors (Lipinski definition) is 0. The van der Waals surface area contributed by atoms with Gasteiger partial charge < -0.3 is 0 Å². The number of aromatic nitrogens is 6. The second kappa shape index (κ2) is 3.91. The predicted octanol–water partition coefficient (Wildman–Crippen LogP) is -1.31. The molecule has 0 N–H and O–H groups in total. The van der Waals surface area contributed by atoms with E-state index >= 15 is 0 Å². The van der Waals surface area contributed by atoms with Gasteiger partial charge in [0.1, 0.15) is 0 Å². The molecular weight excluding hydrogens is 187 g/mol. The summed E-state index contributed by atoms with van der Waals surface area (Å²) >= 11 is 0. The Bertz CT molecular complexity index is 328. The van der Waals surface area contributed by atoms with Gasteiger partial charge in [0.2, 0.25) is 0 Å². The fourth-order valence-corrected chi connectivity index (χ4v) is 1.51. The summed E-state index contributed by atoms with van der Waals surface area (Å²) in [6.07, 6.45) is 3.20. The summed E-state index contributed by atoms with van der Waals surface area (Å²) in [5.41, 5.74) is 1.69. The van der Waals surface area contributed by atoms with Crippen LogP contribution in [0.3, 0.4) is 0 Å². The fourth-order valence-electron chi connectivity index (χ4n) is 0.747. The van der Waals surface area contributed by atoms with Gasteiger partial charge in [0, 0.05) is 0 Å². The molecule has 2 rings (SSSR count). The lowest BCUT2D eigenvalue weighted by atomic mass is 10.7. The summed E-state index contributed by atoms with van der Waals surface area (Å²) in [6.45, 7) is 0. The minimum atomic E-state index is 0.350. The van der Waals surface area contributed by atoms with Gasteiger partial charge in [-0.1, -0.05) is 0 Å². The largest absolute Gasteiger partial charge is 0.139 e. The Kier molecular flexibility index (Phi) is 2.43. The molecule has 64 valence electrons. The van der Waals surface area contributed by atoms with E-state index in [9.17, 15) is 0 Å². The van der Waals surface area contributed by atoms with Crippen LogP contribution in [0.15, 0.2) is 24.5 Å². The highest BCUT2D eigenvalue weighted by Gasteiger charge is 1.98. The molecule has 0 radical (unpaired) electrons. The zero-order valence-electron chi connectivity index (χ0n) is 6.49. The normalized spacial score (nSPS) is 9.85. The Morgan fingerprint density at radius 1 is 0.846 bits per heavy atom. The third kappa shape index (κ3) is 2.19. The molecule has 0 atom stereocenters. The van der Waals surface area contributed by atoms with Crippen LogP contribution in [0.2, 0.25) is 0 Å². The predicted molar refractivity (Wildman–Crippen MR) is 47.2 cm³/mol. The third-order valence-corrected chi connectivity index (χ3v) is 2.31. The van der Waals surface area contributed by atoms with E-state index in [1.54, 1.807) is 24.5 Å². The van der Waals surface area contributed by atoms with Crippen molar-refractivity contribution in [3.63, 3.8) is 0 Å². The van der Waals surface area contributed by atoms with Crippen molar-refractivity contribution in [2.45, 2.75) is 0 Å². The smallest absolute Gasteiger partial charge is 0.0921 e. The first-order valence-electron chi connectivity index (χ1n) is 3.51. The maximum absolute atomic E-state index is 3.84.